The minimum absolute atomic E-state index is 0.0665. The van der Waals surface area contributed by atoms with Crippen molar-refractivity contribution in [3.63, 3.8) is 0 Å². The fourth-order valence-electron chi connectivity index (χ4n) is 2.70. The van der Waals surface area contributed by atoms with Crippen molar-refractivity contribution in [2.24, 2.45) is 11.7 Å². The second-order valence-electron chi connectivity index (χ2n) is 5.11. The molecule has 1 fully saturated rings. The van der Waals surface area contributed by atoms with Crippen LogP contribution in [0.5, 0.6) is 0 Å². The molecule has 3 unspecified atom stereocenters. The summed E-state index contributed by atoms with van der Waals surface area (Å²) in [6, 6.07) is 16.5. The minimum Gasteiger partial charge on any atom is -0.324 e. The number of hydrogen-bond acceptors (Lipinski definition) is 1. The average Bonchev–Trinajstić information content (AvgIpc) is 3.19. The summed E-state index contributed by atoms with van der Waals surface area (Å²) < 4.78 is 1.01. The zero-order valence-corrected chi connectivity index (χ0v) is 12.7. The molecule has 2 N–H and O–H groups in total. The Bertz CT molecular complexity index is 585. The lowest BCUT2D eigenvalue weighted by molar-refractivity contribution is 0.613. The summed E-state index contributed by atoms with van der Waals surface area (Å²) in [5.41, 5.74) is 8.95. The normalized spacial score (nSPS) is 23.1. The monoisotopic (exact) mass is 335 g/mol. The Balaban J connectivity index is 1.78. The first kappa shape index (κ1) is 13.2. The van der Waals surface area contributed by atoms with E-state index < -0.39 is 0 Å². The molecular formula is C16H15BrClN. The van der Waals surface area contributed by atoms with E-state index in [-0.39, 0.29) is 6.04 Å². The van der Waals surface area contributed by atoms with Crippen LogP contribution in [0.4, 0.5) is 0 Å². The fourth-order valence-corrected chi connectivity index (χ4v) is 3.64. The standard InChI is InChI=1S/C16H15BrClN/c17-15-8-11(18)6-7-12(15)16(19)14-9-13(14)10-4-2-1-3-5-10/h1-8,13-14,16H,9,19H2. The number of nitrogens with two attached hydrogens (primary N) is 1. The van der Waals surface area contributed by atoms with E-state index in [4.69, 9.17) is 17.3 Å². The van der Waals surface area contributed by atoms with Gasteiger partial charge >= 0.3 is 0 Å². The Morgan fingerprint density at radius 1 is 1.16 bits per heavy atom. The van der Waals surface area contributed by atoms with Crippen molar-refractivity contribution in [2.75, 3.05) is 0 Å². The first-order valence-corrected chi connectivity index (χ1v) is 7.59. The van der Waals surface area contributed by atoms with E-state index >= 15 is 0 Å². The summed E-state index contributed by atoms with van der Waals surface area (Å²) in [4.78, 5) is 0. The van der Waals surface area contributed by atoms with Gasteiger partial charge in [0.2, 0.25) is 0 Å². The molecule has 2 aromatic carbocycles. The van der Waals surface area contributed by atoms with E-state index in [2.05, 4.69) is 46.3 Å². The molecule has 0 bridgehead atoms. The van der Waals surface area contributed by atoms with E-state index in [0.29, 0.717) is 11.8 Å². The second kappa shape index (κ2) is 5.28. The summed E-state index contributed by atoms with van der Waals surface area (Å²) >= 11 is 9.53. The molecule has 0 saturated heterocycles. The quantitative estimate of drug-likeness (QED) is 0.847. The molecule has 1 saturated carbocycles. The van der Waals surface area contributed by atoms with E-state index in [1.165, 1.54) is 12.0 Å². The van der Waals surface area contributed by atoms with Crippen LogP contribution in [0.25, 0.3) is 0 Å². The third kappa shape index (κ3) is 2.71. The van der Waals surface area contributed by atoms with Gasteiger partial charge in [-0.15, -0.1) is 0 Å². The molecule has 1 aliphatic carbocycles. The van der Waals surface area contributed by atoms with Gasteiger partial charge in [-0.05, 0) is 41.5 Å². The van der Waals surface area contributed by atoms with E-state index in [1.807, 2.05) is 18.2 Å². The molecule has 0 aliphatic heterocycles. The van der Waals surface area contributed by atoms with E-state index in [0.717, 1.165) is 15.1 Å². The topological polar surface area (TPSA) is 26.0 Å². The maximum atomic E-state index is 6.41. The minimum atomic E-state index is 0.0665. The molecule has 0 heterocycles. The van der Waals surface area contributed by atoms with Crippen molar-refractivity contribution in [1.29, 1.82) is 0 Å². The van der Waals surface area contributed by atoms with Gasteiger partial charge in [-0.3, -0.25) is 0 Å². The number of halogens is 2. The van der Waals surface area contributed by atoms with Crippen molar-refractivity contribution in [1.82, 2.24) is 0 Å². The van der Waals surface area contributed by atoms with Crippen molar-refractivity contribution in [3.8, 4) is 0 Å². The van der Waals surface area contributed by atoms with Crippen LogP contribution in [0.3, 0.4) is 0 Å². The Morgan fingerprint density at radius 3 is 2.58 bits per heavy atom. The first-order valence-electron chi connectivity index (χ1n) is 6.42. The van der Waals surface area contributed by atoms with Crippen molar-refractivity contribution >= 4 is 27.5 Å². The molecule has 0 radical (unpaired) electrons. The summed E-state index contributed by atoms with van der Waals surface area (Å²) in [7, 11) is 0. The van der Waals surface area contributed by atoms with Gasteiger partial charge in [0.25, 0.3) is 0 Å². The summed E-state index contributed by atoms with van der Waals surface area (Å²) in [5, 5.41) is 0.734. The maximum absolute atomic E-state index is 6.41. The Morgan fingerprint density at radius 2 is 1.89 bits per heavy atom. The zero-order chi connectivity index (χ0) is 13.4. The SMILES string of the molecule is NC(c1ccc(Cl)cc1Br)C1CC1c1ccccc1. The van der Waals surface area contributed by atoms with Crippen LogP contribution in [0, 0.1) is 5.92 Å². The van der Waals surface area contributed by atoms with Crippen LogP contribution in [0.1, 0.15) is 29.5 Å². The van der Waals surface area contributed by atoms with Crippen LogP contribution in [-0.2, 0) is 0 Å². The van der Waals surface area contributed by atoms with Crippen molar-refractivity contribution < 1.29 is 0 Å². The highest BCUT2D eigenvalue weighted by Gasteiger charge is 2.43. The highest BCUT2D eigenvalue weighted by molar-refractivity contribution is 9.10. The van der Waals surface area contributed by atoms with Gasteiger partial charge in [-0.1, -0.05) is 63.9 Å². The van der Waals surface area contributed by atoms with Gasteiger partial charge in [0, 0.05) is 15.5 Å². The molecule has 19 heavy (non-hydrogen) atoms. The van der Waals surface area contributed by atoms with Crippen LogP contribution in [0.2, 0.25) is 5.02 Å². The van der Waals surface area contributed by atoms with Gasteiger partial charge < -0.3 is 5.73 Å². The van der Waals surface area contributed by atoms with Crippen LogP contribution in [-0.4, -0.2) is 0 Å². The van der Waals surface area contributed by atoms with Gasteiger partial charge in [0.05, 0.1) is 0 Å². The third-order valence-electron chi connectivity index (χ3n) is 3.85. The third-order valence-corrected chi connectivity index (χ3v) is 4.77. The number of rotatable bonds is 3. The summed E-state index contributed by atoms with van der Waals surface area (Å²) in [6.07, 6.45) is 1.17. The van der Waals surface area contributed by atoms with E-state index in [9.17, 15) is 0 Å². The lowest BCUT2D eigenvalue weighted by Crippen LogP contribution is -2.14. The van der Waals surface area contributed by atoms with E-state index in [1.54, 1.807) is 0 Å². The molecule has 0 spiro atoms. The molecule has 0 aromatic heterocycles. The summed E-state index contributed by atoms with van der Waals surface area (Å²) in [6.45, 7) is 0. The van der Waals surface area contributed by atoms with Crippen molar-refractivity contribution in [3.05, 3.63) is 69.2 Å². The first-order chi connectivity index (χ1) is 9.16. The van der Waals surface area contributed by atoms with Crippen LogP contribution >= 0.6 is 27.5 Å². The highest BCUT2D eigenvalue weighted by Crippen LogP contribution is 2.53. The average molecular weight is 337 g/mol. The second-order valence-corrected chi connectivity index (χ2v) is 6.40. The Labute approximate surface area is 126 Å². The molecule has 3 rings (SSSR count). The predicted molar refractivity (Wildman–Crippen MR) is 83.4 cm³/mol. The summed E-state index contributed by atoms with van der Waals surface area (Å²) in [5.74, 6) is 1.12. The largest absolute Gasteiger partial charge is 0.324 e. The Kier molecular flexibility index (Phi) is 3.66. The zero-order valence-electron chi connectivity index (χ0n) is 10.4. The van der Waals surface area contributed by atoms with Gasteiger partial charge in [-0.2, -0.15) is 0 Å². The molecule has 3 heteroatoms. The highest BCUT2D eigenvalue weighted by atomic mass is 79.9. The van der Waals surface area contributed by atoms with Crippen LogP contribution < -0.4 is 5.73 Å². The molecular weight excluding hydrogens is 322 g/mol. The molecule has 1 aliphatic rings. The van der Waals surface area contributed by atoms with Gasteiger partial charge in [0.1, 0.15) is 0 Å². The molecule has 2 aromatic rings. The fraction of sp³-hybridized carbons (Fsp3) is 0.250. The van der Waals surface area contributed by atoms with Gasteiger partial charge in [-0.25, -0.2) is 0 Å². The number of benzene rings is 2. The Hall–Kier alpha value is -0.830. The lowest BCUT2D eigenvalue weighted by Gasteiger charge is -2.14. The smallest absolute Gasteiger partial charge is 0.0417 e. The molecule has 98 valence electrons. The number of hydrogen-bond donors (Lipinski definition) is 1. The molecule has 1 nitrogen and oxygen atoms in total. The van der Waals surface area contributed by atoms with Crippen molar-refractivity contribution in [2.45, 2.75) is 18.4 Å². The molecule has 0 amide bonds. The predicted octanol–water partition coefficient (Wildman–Crippen LogP) is 4.91. The van der Waals surface area contributed by atoms with Crippen LogP contribution in [0.15, 0.2) is 53.0 Å². The van der Waals surface area contributed by atoms with Gasteiger partial charge in [0.15, 0.2) is 0 Å². The maximum Gasteiger partial charge on any atom is 0.0417 e. The lowest BCUT2D eigenvalue weighted by atomic mass is 10.00. The molecule has 3 atom stereocenters.